The molecule has 1 nitrogen and oxygen atoms in total. The second-order valence-corrected chi connectivity index (χ2v) is 1.63. The lowest BCUT2D eigenvalue weighted by molar-refractivity contribution is -0.331. The average molecular weight is 84.1 g/mol. The summed E-state index contributed by atoms with van der Waals surface area (Å²) in [6.07, 6.45) is 3.43. The first-order valence-corrected chi connectivity index (χ1v) is 2.51. The van der Waals surface area contributed by atoms with Crippen molar-refractivity contribution in [2.75, 3.05) is 13.1 Å². The molecule has 0 spiro atoms. The molecule has 1 aliphatic rings. The molecule has 1 heteroatoms. The van der Waals surface area contributed by atoms with Crippen molar-refractivity contribution in [1.82, 2.24) is 0 Å². The largest absolute Gasteiger partial charge is 0.227 e. The van der Waals surface area contributed by atoms with Crippen molar-refractivity contribution in [1.29, 1.82) is 0 Å². The maximum absolute atomic E-state index is 2.31. The Balaban J connectivity index is 2.24. The Bertz CT molecular complexity index is 68.0. The third kappa shape index (κ3) is 0.814. The molecule has 0 aromatic carbocycles. The molecule has 0 bridgehead atoms. The molecule has 0 radical (unpaired) electrons. The van der Waals surface area contributed by atoms with Crippen LogP contribution in [0.3, 0.4) is 0 Å². The maximum Gasteiger partial charge on any atom is 0.200 e. The van der Waals surface area contributed by atoms with Crippen molar-refractivity contribution in [2.24, 2.45) is 0 Å². The van der Waals surface area contributed by atoms with Crippen LogP contribution in [0.2, 0.25) is 0 Å². The van der Waals surface area contributed by atoms with E-state index in [0.29, 0.717) is 0 Å². The van der Waals surface area contributed by atoms with Gasteiger partial charge in [0.2, 0.25) is 13.1 Å². The molecule has 6 heavy (non-hydrogen) atoms. The Labute approximate surface area is 38.3 Å². The molecular formula is C5H10N+. The summed E-state index contributed by atoms with van der Waals surface area (Å²) < 4.78 is 2.31. The monoisotopic (exact) mass is 84.1 g/mol. The quantitative estimate of drug-likeness (QED) is 0.321. The third-order valence-electron chi connectivity index (χ3n) is 0.923. The Hall–Kier alpha value is -0.330. The summed E-state index contributed by atoms with van der Waals surface area (Å²) in [7, 11) is 0. The van der Waals surface area contributed by atoms with Crippen molar-refractivity contribution in [2.45, 2.75) is 13.3 Å². The fraction of sp³-hybridized carbons (Fsp3) is 0.800. The highest BCUT2D eigenvalue weighted by atomic mass is 15.1. The minimum atomic E-state index is 1.19. The van der Waals surface area contributed by atoms with E-state index in [1.165, 1.54) is 19.5 Å². The first-order valence-electron chi connectivity index (χ1n) is 2.51. The first kappa shape index (κ1) is 3.85. The summed E-state index contributed by atoms with van der Waals surface area (Å²) in [6.45, 7) is 4.76. The van der Waals surface area contributed by atoms with E-state index in [4.69, 9.17) is 0 Å². The summed E-state index contributed by atoms with van der Waals surface area (Å²) in [5, 5.41) is 0. The molecule has 0 amide bonds. The highest BCUT2D eigenvalue weighted by molar-refractivity contribution is 5.50. The van der Waals surface area contributed by atoms with Gasteiger partial charge in [0.1, 0.15) is 6.21 Å². The molecule has 0 aromatic heterocycles. The van der Waals surface area contributed by atoms with E-state index in [-0.39, 0.29) is 0 Å². The van der Waals surface area contributed by atoms with Crippen molar-refractivity contribution in [3.8, 4) is 0 Å². The summed E-state index contributed by atoms with van der Waals surface area (Å²) in [5.74, 6) is 0. The minimum absolute atomic E-state index is 1.19. The minimum Gasteiger partial charge on any atom is -0.227 e. The highest BCUT2D eigenvalue weighted by Crippen LogP contribution is 1.89. The van der Waals surface area contributed by atoms with Crippen LogP contribution < -0.4 is 0 Å². The molecule has 1 saturated heterocycles. The van der Waals surface area contributed by atoms with E-state index in [0.717, 1.165) is 0 Å². The summed E-state index contributed by atoms with van der Waals surface area (Å²) in [4.78, 5) is 0. The molecule has 0 atom stereocenters. The normalized spacial score (nSPS) is 17.8. The lowest BCUT2D eigenvalue weighted by Gasteiger charge is -1.61. The standard InChI is InChI=1S/C5H10N/c1-2-3-6-4-5-6/h3H,2,4-5H2,1H3/q+1. The van der Waals surface area contributed by atoms with Crippen molar-refractivity contribution in [3.05, 3.63) is 0 Å². The Morgan fingerprint density at radius 2 is 2.33 bits per heavy atom. The van der Waals surface area contributed by atoms with Crippen LogP contribution in [0.25, 0.3) is 0 Å². The predicted octanol–water partition coefficient (Wildman–Crippen LogP) is 0.493. The van der Waals surface area contributed by atoms with Crippen LogP contribution >= 0.6 is 0 Å². The molecule has 0 unspecified atom stereocenters. The molecule has 0 aliphatic carbocycles. The fourth-order valence-corrected chi connectivity index (χ4v) is 0.499. The van der Waals surface area contributed by atoms with Crippen LogP contribution in [0.4, 0.5) is 0 Å². The second kappa shape index (κ2) is 1.41. The van der Waals surface area contributed by atoms with Gasteiger partial charge < -0.3 is 0 Å². The van der Waals surface area contributed by atoms with Crippen LogP contribution in [0, 0.1) is 0 Å². The molecule has 1 heterocycles. The lowest BCUT2D eigenvalue weighted by Crippen LogP contribution is -1.77. The van der Waals surface area contributed by atoms with Gasteiger partial charge in [0.15, 0.2) is 0 Å². The molecule has 1 aliphatic heterocycles. The number of hydrogen-bond acceptors (Lipinski definition) is 0. The van der Waals surface area contributed by atoms with Gasteiger partial charge in [0, 0.05) is 6.42 Å². The van der Waals surface area contributed by atoms with Crippen LogP contribution in [-0.4, -0.2) is 23.9 Å². The molecule has 0 saturated carbocycles. The van der Waals surface area contributed by atoms with Crippen molar-refractivity contribution in [3.63, 3.8) is 0 Å². The van der Waals surface area contributed by atoms with Gasteiger partial charge in [0.05, 0.1) is 0 Å². The van der Waals surface area contributed by atoms with E-state index >= 15 is 0 Å². The van der Waals surface area contributed by atoms with Gasteiger partial charge in [-0.25, -0.2) is 4.58 Å². The van der Waals surface area contributed by atoms with Crippen molar-refractivity contribution < 1.29 is 4.58 Å². The van der Waals surface area contributed by atoms with Crippen LogP contribution in [0.15, 0.2) is 0 Å². The zero-order chi connectivity index (χ0) is 4.41. The van der Waals surface area contributed by atoms with Gasteiger partial charge in [-0.3, -0.25) is 0 Å². The number of hydrogen-bond donors (Lipinski definition) is 0. The molecule has 34 valence electrons. The summed E-state index contributed by atoms with van der Waals surface area (Å²) in [5.41, 5.74) is 0. The number of nitrogens with zero attached hydrogens (tertiary/aromatic N) is 1. The maximum atomic E-state index is 2.31. The zero-order valence-electron chi connectivity index (χ0n) is 4.15. The molecule has 1 rings (SSSR count). The van der Waals surface area contributed by atoms with Crippen LogP contribution in [-0.2, 0) is 0 Å². The second-order valence-electron chi connectivity index (χ2n) is 1.63. The average Bonchev–Trinajstić information content (AvgIpc) is 2.21. The van der Waals surface area contributed by atoms with E-state index in [1.807, 2.05) is 0 Å². The van der Waals surface area contributed by atoms with Gasteiger partial charge in [0.25, 0.3) is 0 Å². The molecule has 0 N–H and O–H groups in total. The number of rotatable bonds is 1. The SMILES string of the molecule is CCC=[N+]1CC1. The zero-order valence-corrected chi connectivity index (χ0v) is 4.15. The van der Waals surface area contributed by atoms with Crippen LogP contribution in [0.1, 0.15) is 13.3 Å². The van der Waals surface area contributed by atoms with Crippen molar-refractivity contribution >= 4 is 6.21 Å². The topological polar surface area (TPSA) is 3.01 Å². The Morgan fingerprint density at radius 1 is 1.67 bits per heavy atom. The first-order chi connectivity index (χ1) is 2.93. The smallest absolute Gasteiger partial charge is 0.200 e. The summed E-state index contributed by atoms with van der Waals surface area (Å²) in [6, 6.07) is 0. The van der Waals surface area contributed by atoms with Gasteiger partial charge in [-0.1, -0.05) is 6.92 Å². The van der Waals surface area contributed by atoms with Gasteiger partial charge in [-0.05, 0) is 0 Å². The summed E-state index contributed by atoms with van der Waals surface area (Å²) >= 11 is 0. The van der Waals surface area contributed by atoms with Gasteiger partial charge >= 0.3 is 0 Å². The fourth-order valence-electron chi connectivity index (χ4n) is 0.499. The Kier molecular flexibility index (Phi) is 0.906. The van der Waals surface area contributed by atoms with E-state index < -0.39 is 0 Å². The third-order valence-corrected chi connectivity index (χ3v) is 0.923. The van der Waals surface area contributed by atoms with Gasteiger partial charge in [-0.15, -0.1) is 0 Å². The van der Waals surface area contributed by atoms with E-state index in [9.17, 15) is 0 Å². The lowest BCUT2D eigenvalue weighted by atomic mass is 10.5. The van der Waals surface area contributed by atoms with Gasteiger partial charge in [-0.2, -0.15) is 0 Å². The molecule has 1 fully saturated rings. The predicted molar refractivity (Wildman–Crippen MR) is 26.3 cm³/mol. The highest BCUT2D eigenvalue weighted by Gasteiger charge is 2.18. The van der Waals surface area contributed by atoms with E-state index in [1.54, 1.807) is 0 Å². The Morgan fingerprint density at radius 3 is 2.50 bits per heavy atom. The van der Waals surface area contributed by atoms with E-state index in [2.05, 4.69) is 17.7 Å². The molecule has 0 aromatic rings. The molecular weight excluding hydrogens is 74.1 g/mol. The van der Waals surface area contributed by atoms with Crippen LogP contribution in [0.5, 0.6) is 0 Å².